The van der Waals surface area contributed by atoms with Gasteiger partial charge in [-0.25, -0.2) is 0 Å². The van der Waals surface area contributed by atoms with Crippen LogP contribution in [-0.2, 0) is 0 Å². The van der Waals surface area contributed by atoms with Gasteiger partial charge >= 0.3 is 0 Å². The van der Waals surface area contributed by atoms with Crippen molar-refractivity contribution in [2.75, 3.05) is 6.54 Å². The van der Waals surface area contributed by atoms with Crippen LogP contribution in [0.25, 0.3) is 0 Å². The highest BCUT2D eigenvalue weighted by molar-refractivity contribution is 7.94. The quantitative estimate of drug-likeness (QED) is 0.327. The largest absolute Gasteiger partial charge is 0.178 e. The predicted octanol–water partition coefficient (Wildman–Crippen LogP) is 4.84. The van der Waals surface area contributed by atoms with Crippen LogP contribution < -0.4 is 21.0 Å². The molecule has 0 bridgehead atoms. The molecule has 0 spiro atoms. The van der Waals surface area contributed by atoms with Crippen LogP contribution in [0.15, 0.2) is 104 Å². The van der Waals surface area contributed by atoms with Crippen molar-refractivity contribution in [3.8, 4) is 0 Å². The molecule has 0 heterocycles. The van der Waals surface area contributed by atoms with Gasteiger partial charge < -0.3 is 0 Å². The Labute approximate surface area is 158 Å². The molecule has 0 saturated carbocycles. The van der Waals surface area contributed by atoms with E-state index in [2.05, 4.69) is 103 Å². The van der Waals surface area contributed by atoms with Gasteiger partial charge in [-0.05, 0) is 55.7 Å². The molecule has 0 aromatic heterocycles. The molecule has 0 radical (unpaired) electrons. The molecule has 0 saturated heterocycles. The van der Waals surface area contributed by atoms with Crippen LogP contribution in [-0.4, -0.2) is 6.54 Å². The maximum atomic E-state index is 4.02. The van der Waals surface area contributed by atoms with Crippen molar-refractivity contribution in [3.63, 3.8) is 0 Å². The fraction of sp³-hybridized carbons (Fsp3) is 0.167. The summed E-state index contributed by atoms with van der Waals surface area (Å²) in [6.07, 6.45) is 5.41. The molecule has 0 atom stereocenters. The van der Waals surface area contributed by atoms with E-state index in [1.807, 2.05) is 6.08 Å². The Kier molecular flexibility index (Phi) is 6.77. The van der Waals surface area contributed by atoms with Gasteiger partial charge in [0.1, 0.15) is 15.9 Å². The number of hydrogen-bond donors (Lipinski definition) is 1. The van der Waals surface area contributed by atoms with Crippen LogP contribution in [0.4, 0.5) is 0 Å². The topological polar surface area (TPSA) is 12.0 Å². The summed E-state index contributed by atoms with van der Waals surface area (Å²) < 4.78 is 0. The fourth-order valence-electron chi connectivity index (χ4n) is 3.34. The van der Waals surface area contributed by atoms with Crippen LogP contribution in [0, 0.1) is 0 Å². The summed E-state index contributed by atoms with van der Waals surface area (Å²) in [5.74, 6) is 0. The summed E-state index contributed by atoms with van der Waals surface area (Å²) in [4.78, 5) is 0. The highest BCUT2D eigenvalue weighted by Crippen LogP contribution is 2.50. The van der Waals surface area contributed by atoms with E-state index in [9.17, 15) is 0 Å². The number of hydrogen-bond acceptors (Lipinski definition) is 1. The lowest BCUT2D eigenvalue weighted by atomic mass is 10.2. The molecule has 0 amide bonds. The predicted molar refractivity (Wildman–Crippen MR) is 117 cm³/mol. The van der Waals surface area contributed by atoms with Crippen LogP contribution >= 0.6 is 7.41 Å². The number of unbranched alkanes of at least 4 members (excludes halogenated alkanes) is 2. The van der Waals surface area contributed by atoms with E-state index in [4.69, 9.17) is 0 Å². The van der Waals surface area contributed by atoms with Gasteiger partial charge in [0.15, 0.2) is 7.41 Å². The number of allylic oxidation sites excluding steroid dienone is 1. The molecular weight excluding hydrogens is 333 g/mol. The molecule has 3 aromatic rings. The maximum Gasteiger partial charge on any atom is 0.178 e. The zero-order chi connectivity index (χ0) is 18.1. The van der Waals surface area contributed by atoms with Crippen LogP contribution in [0.2, 0.25) is 0 Å². The van der Waals surface area contributed by atoms with E-state index in [-0.39, 0.29) is 0 Å². The second kappa shape index (κ2) is 9.48. The molecule has 3 aromatic carbocycles. The number of benzene rings is 3. The molecule has 3 rings (SSSR count). The van der Waals surface area contributed by atoms with Gasteiger partial charge in [0.25, 0.3) is 0 Å². The fourth-order valence-corrected chi connectivity index (χ4v) is 7.13. The Morgan fingerprint density at radius 3 is 1.46 bits per heavy atom. The third kappa shape index (κ3) is 4.12. The molecule has 1 N–H and O–H groups in total. The minimum Gasteiger partial charge on any atom is -0.178 e. The molecule has 0 aliphatic heterocycles. The monoisotopic (exact) mass is 360 g/mol. The van der Waals surface area contributed by atoms with Crippen molar-refractivity contribution in [3.05, 3.63) is 104 Å². The standard InChI is InChI=1S/C24H27NP/c1-2-3-4-14-21-25-26(22-15-8-5-9-16-22,23-17-10-6-11-18-23)24-19-12-7-13-20-24/h2,5-13,15-20,25H,1,3-4,14,21H2/q+1. The average Bonchev–Trinajstić information content (AvgIpc) is 2.73. The first-order chi connectivity index (χ1) is 12.9. The normalized spacial score (nSPS) is 11.2. The summed E-state index contributed by atoms with van der Waals surface area (Å²) in [6, 6.07) is 32.8. The van der Waals surface area contributed by atoms with Crippen molar-refractivity contribution < 1.29 is 0 Å². The Bertz CT molecular complexity index is 688. The average molecular weight is 360 g/mol. The number of nitrogens with one attached hydrogen (secondary N) is 1. The van der Waals surface area contributed by atoms with Gasteiger partial charge in [-0.3, -0.25) is 0 Å². The summed E-state index contributed by atoms with van der Waals surface area (Å²) in [5, 5.41) is 8.15. The third-order valence-electron chi connectivity index (χ3n) is 4.61. The Hall–Kier alpha value is -2.21. The molecule has 2 heteroatoms. The molecule has 0 fully saturated rings. The third-order valence-corrected chi connectivity index (χ3v) is 8.53. The minimum atomic E-state index is -1.88. The van der Waals surface area contributed by atoms with Crippen LogP contribution in [0.1, 0.15) is 19.3 Å². The van der Waals surface area contributed by atoms with Gasteiger partial charge in [-0.15, -0.1) is 6.58 Å². The number of rotatable bonds is 9. The first kappa shape index (κ1) is 18.6. The minimum absolute atomic E-state index is 1.00. The SMILES string of the molecule is C=CCCCCN[P+](c1ccccc1)(c1ccccc1)c1ccccc1. The van der Waals surface area contributed by atoms with Crippen LogP contribution in [0.5, 0.6) is 0 Å². The zero-order valence-corrected chi connectivity index (χ0v) is 16.1. The second-order valence-electron chi connectivity index (χ2n) is 6.37. The van der Waals surface area contributed by atoms with Crippen molar-refractivity contribution in [2.45, 2.75) is 19.3 Å². The first-order valence-corrected chi connectivity index (χ1v) is 11.1. The summed E-state index contributed by atoms with van der Waals surface area (Å²) in [7, 11) is -1.88. The van der Waals surface area contributed by atoms with Gasteiger partial charge in [0.2, 0.25) is 0 Å². The van der Waals surface area contributed by atoms with Crippen molar-refractivity contribution in [1.82, 2.24) is 5.09 Å². The summed E-state index contributed by atoms with van der Waals surface area (Å²) in [5.41, 5.74) is 0. The maximum absolute atomic E-state index is 4.02. The lowest BCUT2D eigenvalue weighted by Crippen LogP contribution is -2.40. The van der Waals surface area contributed by atoms with E-state index in [1.54, 1.807) is 0 Å². The molecule has 26 heavy (non-hydrogen) atoms. The molecule has 0 unspecified atom stereocenters. The molecule has 0 aliphatic rings. The Balaban J connectivity index is 2.07. The van der Waals surface area contributed by atoms with Crippen molar-refractivity contribution in [1.29, 1.82) is 0 Å². The Morgan fingerprint density at radius 2 is 1.08 bits per heavy atom. The summed E-state index contributed by atoms with van der Waals surface area (Å²) in [6.45, 7) is 4.84. The Morgan fingerprint density at radius 1 is 0.654 bits per heavy atom. The lowest BCUT2D eigenvalue weighted by molar-refractivity contribution is 0.732. The highest BCUT2D eigenvalue weighted by Gasteiger charge is 2.45. The van der Waals surface area contributed by atoms with E-state index < -0.39 is 7.41 Å². The first-order valence-electron chi connectivity index (χ1n) is 9.30. The zero-order valence-electron chi connectivity index (χ0n) is 15.2. The van der Waals surface area contributed by atoms with Gasteiger partial charge in [0, 0.05) is 6.54 Å². The van der Waals surface area contributed by atoms with Crippen molar-refractivity contribution in [2.24, 2.45) is 0 Å². The molecular formula is C24H27NP+. The van der Waals surface area contributed by atoms with E-state index in [0.29, 0.717) is 0 Å². The van der Waals surface area contributed by atoms with Gasteiger partial charge in [-0.2, -0.15) is 5.09 Å². The van der Waals surface area contributed by atoms with Gasteiger partial charge in [-0.1, -0.05) is 60.7 Å². The molecule has 132 valence electrons. The van der Waals surface area contributed by atoms with Gasteiger partial charge in [0.05, 0.1) is 0 Å². The van der Waals surface area contributed by atoms with E-state index in [0.717, 1.165) is 19.4 Å². The summed E-state index contributed by atoms with van der Waals surface area (Å²) >= 11 is 0. The smallest absolute Gasteiger partial charge is 0.178 e. The highest BCUT2D eigenvalue weighted by atomic mass is 31.2. The lowest BCUT2D eigenvalue weighted by Gasteiger charge is -2.27. The van der Waals surface area contributed by atoms with E-state index >= 15 is 0 Å². The van der Waals surface area contributed by atoms with Crippen LogP contribution in [0.3, 0.4) is 0 Å². The molecule has 0 aliphatic carbocycles. The second-order valence-corrected chi connectivity index (χ2v) is 9.58. The van der Waals surface area contributed by atoms with Crippen molar-refractivity contribution >= 4 is 23.3 Å². The van der Waals surface area contributed by atoms with E-state index in [1.165, 1.54) is 22.3 Å². The molecule has 1 nitrogen and oxygen atoms in total.